The number of aromatic nitrogens is 2. The Morgan fingerprint density at radius 1 is 1.14 bits per heavy atom. The van der Waals surface area contributed by atoms with Crippen LogP contribution < -0.4 is 5.56 Å². The minimum atomic E-state index is -0.158. The van der Waals surface area contributed by atoms with E-state index < -0.39 is 0 Å². The molecule has 0 unspecified atom stereocenters. The van der Waals surface area contributed by atoms with E-state index in [2.05, 4.69) is 5.10 Å². The van der Waals surface area contributed by atoms with E-state index in [0.717, 1.165) is 0 Å². The fourth-order valence-electron chi connectivity index (χ4n) is 1.13. The molecule has 0 aliphatic rings. The molecule has 14 heavy (non-hydrogen) atoms. The number of hydrogen-bond donors (Lipinski definition) is 0. The second-order valence-corrected chi connectivity index (χ2v) is 3.19. The van der Waals surface area contributed by atoms with Crippen LogP contribution in [0.1, 0.15) is 0 Å². The lowest BCUT2D eigenvalue weighted by Gasteiger charge is -2.02. The summed E-state index contributed by atoms with van der Waals surface area (Å²) in [5, 5.41) is 4.58. The van der Waals surface area contributed by atoms with E-state index in [1.165, 1.54) is 10.7 Å². The molecular weight excluding hydrogens is 200 g/mol. The van der Waals surface area contributed by atoms with Gasteiger partial charge in [-0.2, -0.15) is 9.78 Å². The van der Waals surface area contributed by atoms with Gasteiger partial charge in [0, 0.05) is 17.3 Å². The Morgan fingerprint density at radius 3 is 2.50 bits per heavy atom. The molecule has 0 atom stereocenters. The number of nitrogens with zero attached hydrogens (tertiary/aromatic N) is 2. The zero-order valence-corrected chi connectivity index (χ0v) is 7.98. The fourth-order valence-corrected chi connectivity index (χ4v) is 1.26. The first-order valence-corrected chi connectivity index (χ1v) is 4.45. The second-order valence-electron chi connectivity index (χ2n) is 2.75. The topological polar surface area (TPSA) is 34.9 Å². The molecule has 0 radical (unpaired) electrons. The molecule has 70 valence electrons. The SMILES string of the molecule is O=c1cccnn1-c1ccc(Cl)cc1. The van der Waals surface area contributed by atoms with Crippen molar-refractivity contribution >= 4 is 11.6 Å². The summed E-state index contributed by atoms with van der Waals surface area (Å²) < 4.78 is 1.32. The van der Waals surface area contributed by atoms with Crippen LogP contribution in [0, 0.1) is 0 Å². The third kappa shape index (κ3) is 1.67. The summed E-state index contributed by atoms with van der Waals surface area (Å²) in [6.07, 6.45) is 1.57. The van der Waals surface area contributed by atoms with E-state index in [1.54, 1.807) is 36.5 Å². The van der Waals surface area contributed by atoms with Gasteiger partial charge in [-0.15, -0.1) is 0 Å². The summed E-state index contributed by atoms with van der Waals surface area (Å²) in [7, 11) is 0. The lowest BCUT2D eigenvalue weighted by molar-refractivity contribution is 0.807. The van der Waals surface area contributed by atoms with Gasteiger partial charge in [0.05, 0.1) is 5.69 Å². The molecule has 0 spiro atoms. The zero-order chi connectivity index (χ0) is 9.97. The minimum Gasteiger partial charge on any atom is -0.267 e. The molecule has 0 bridgehead atoms. The first-order chi connectivity index (χ1) is 6.77. The van der Waals surface area contributed by atoms with Gasteiger partial charge in [0.2, 0.25) is 0 Å². The van der Waals surface area contributed by atoms with Gasteiger partial charge in [0.15, 0.2) is 0 Å². The number of benzene rings is 1. The van der Waals surface area contributed by atoms with Gasteiger partial charge in [-0.25, -0.2) is 0 Å². The molecule has 0 aliphatic carbocycles. The van der Waals surface area contributed by atoms with Gasteiger partial charge < -0.3 is 0 Å². The summed E-state index contributed by atoms with van der Waals surface area (Å²) in [6, 6.07) is 10.00. The van der Waals surface area contributed by atoms with Gasteiger partial charge in [0.25, 0.3) is 5.56 Å². The third-order valence-corrected chi connectivity index (χ3v) is 2.04. The van der Waals surface area contributed by atoms with Crippen LogP contribution in [0.25, 0.3) is 5.69 Å². The molecule has 1 heterocycles. The highest BCUT2D eigenvalue weighted by Crippen LogP contribution is 2.10. The predicted molar refractivity (Wildman–Crippen MR) is 54.8 cm³/mol. The van der Waals surface area contributed by atoms with Crippen LogP contribution in [0.2, 0.25) is 5.02 Å². The maximum atomic E-state index is 11.4. The monoisotopic (exact) mass is 206 g/mol. The number of rotatable bonds is 1. The smallest absolute Gasteiger partial charge is 0.267 e. The molecule has 2 rings (SSSR count). The third-order valence-electron chi connectivity index (χ3n) is 1.79. The fraction of sp³-hybridized carbons (Fsp3) is 0. The molecule has 0 aliphatic heterocycles. The quantitative estimate of drug-likeness (QED) is 0.714. The normalized spacial score (nSPS) is 10.1. The molecule has 0 fully saturated rings. The van der Waals surface area contributed by atoms with E-state index in [9.17, 15) is 4.79 Å². The Kier molecular flexibility index (Phi) is 2.33. The zero-order valence-electron chi connectivity index (χ0n) is 7.22. The second kappa shape index (κ2) is 3.64. The molecule has 0 amide bonds. The average Bonchev–Trinajstić information content (AvgIpc) is 2.20. The van der Waals surface area contributed by atoms with Crippen molar-refractivity contribution in [3.8, 4) is 5.69 Å². The van der Waals surface area contributed by atoms with Gasteiger partial charge >= 0.3 is 0 Å². The minimum absolute atomic E-state index is 0.158. The van der Waals surface area contributed by atoms with Crippen molar-refractivity contribution in [2.75, 3.05) is 0 Å². The molecule has 4 heteroatoms. The molecular formula is C10H7ClN2O. The number of hydrogen-bond acceptors (Lipinski definition) is 2. The molecule has 0 saturated heterocycles. The molecule has 2 aromatic rings. The average molecular weight is 207 g/mol. The van der Waals surface area contributed by atoms with E-state index in [1.807, 2.05) is 0 Å². The maximum Gasteiger partial charge on any atom is 0.271 e. The molecule has 3 nitrogen and oxygen atoms in total. The lowest BCUT2D eigenvalue weighted by Crippen LogP contribution is -2.18. The van der Waals surface area contributed by atoms with Gasteiger partial charge in [-0.3, -0.25) is 4.79 Å². The Hall–Kier alpha value is -1.61. The molecule has 0 N–H and O–H groups in total. The lowest BCUT2D eigenvalue weighted by atomic mass is 10.3. The first-order valence-electron chi connectivity index (χ1n) is 4.08. The highest BCUT2D eigenvalue weighted by molar-refractivity contribution is 6.30. The predicted octanol–water partition coefficient (Wildman–Crippen LogP) is 1.89. The maximum absolute atomic E-state index is 11.4. The summed E-state index contributed by atoms with van der Waals surface area (Å²) in [5.74, 6) is 0. The van der Waals surface area contributed by atoms with Crippen molar-refractivity contribution in [1.29, 1.82) is 0 Å². The van der Waals surface area contributed by atoms with Gasteiger partial charge in [0.1, 0.15) is 0 Å². The van der Waals surface area contributed by atoms with Crippen molar-refractivity contribution in [1.82, 2.24) is 9.78 Å². The van der Waals surface area contributed by atoms with Crippen molar-refractivity contribution in [2.45, 2.75) is 0 Å². The van der Waals surface area contributed by atoms with Crippen molar-refractivity contribution in [3.63, 3.8) is 0 Å². The summed E-state index contributed by atoms with van der Waals surface area (Å²) in [6.45, 7) is 0. The van der Waals surface area contributed by atoms with Crippen LogP contribution in [-0.4, -0.2) is 9.78 Å². The van der Waals surface area contributed by atoms with E-state index in [0.29, 0.717) is 10.7 Å². The van der Waals surface area contributed by atoms with Crippen molar-refractivity contribution in [2.24, 2.45) is 0 Å². The summed E-state index contributed by atoms with van der Waals surface area (Å²) in [4.78, 5) is 11.4. The van der Waals surface area contributed by atoms with Gasteiger partial charge in [-0.05, 0) is 30.3 Å². The highest BCUT2D eigenvalue weighted by atomic mass is 35.5. The standard InChI is InChI=1S/C10H7ClN2O/c11-8-3-5-9(6-4-8)13-10(14)2-1-7-12-13/h1-7H. The van der Waals surface area contributed by atoms with E-state index in [4.69, 9.17) is 11.6 Å². The summed E-state index contributed by atoms with van der Waals surface area (Å²) in [5.41, 5.74) is 0.551. The Morgan fingerprint density at radius 2 is 1.86 bits per heavy atom. The molecule has 1 aromatic heterocycles. The summed E-state index contributed by atoms with van der Waals surface area (Å²) >= 11 is 5.73. The van der Waals surface area contributed by atoms with Crippen LogP contribution >= 0.6 is 11.6 Å². The van der Waals surface area contributed by atoms with Crippen molar-refractivity contribution in [3.05, 3.63) is 58.0 Å². The van der Waals surface area contributed by atoms with Crippen LogP contribution in [0.4, 0.5) is 0 Å². The Balaban J connectivity index is 2.56. The van der Waals surface area contributed by atoms with Crippen LogP contribution in [-0.2, 0) is 0 Å². The van der Waals surface area contributed by atoms with E-state index in [-0.39, 0.29) is 5.56 Å². The molecule has 0 saturated carbocycles. The molecule has 1 aromatic carbocycles. The van der Waals surface area contributed by atoms with Crippen LogP contribution in [0.3, 0.4) is 0 Å². The highest BCUT2D eigenvalue weighted by Gasteiger charge is 1.98. The largest absolute Gasteiger partial charge is 0.271 e. The van der Waals surface area contributed by atoms with Crippen LogP contribution in [0.15, 0.2) is 47.4 Å². The number of halogens is 1. The van der Waals surface area contributed by atoms with Crippen LogP contribution in [0.5, 0.6) is 0 Å². The Bertz CT molecular complexity index is 490. The first kappa shape index (κ1) is 8.97. The Labute approximate surface area is 85.6 Å². The van der Waals surface area contributed by atoms with E-state index >= 15 is 0 Å². The van der Waals surface area contributed by atoms with Gasteiger partial charge in [-0.1, -0.05) is 11.6 Å². The van der Waals surface area contributed by atoms with Crippen molar-refractivity contribution < 1.29 is 0 Å².